The summed E-state index contributed by atoms with van der Waals surface area (Å²) in [5.74, 6) is 0.724. The molecule has 4 heteroatoms. The summed E-state index contributed by atoms with van der Waals surface area (Å²) in [6.07, 6.45) is 10.3. The van der Waals surface area contributed by atoms with E-state index < -0.39 is 0 Å². The molecule has 0 bridgehead atoms. The molecule has 0 aliphatic carbocycles. The Morgan fingerprint density at radius 3 is 3.05 bits per heavy atom. The fraction of sp³-hybridized carbons (Fsp3) is 0.467. The first kappa shape index (κ1) is 13.7. The Kier molecular flexibility index (Phi) is 5.56. The predicted octanol–water partition coefficient (Wildman–Crippen LogP) is 1.60. The van der Waals surface area contributed by atoms with Crippen molar-refractivity contribution in [2.45, 2.75) is 19.3 Å². The fourth-order valence-electron chi connectivity index (χ4n) is 2.28. The lowest BCUT2D eigenvalue weighted by molar-refractivity contribution is -0.116. The highest BCUT2D eigenvalue weighted by Crippen LogP contribution is 2.14. The third-order valence-corrected chi connectivity index (χ3v) is 3.42. The van der Waals surface area contributed by atoms with Crippen molar-refractivity contribution >= 4 is 12.0 Å². The molecule has 1 fully saturated rings. The summed E-state index contributed by atoms with van der Waals surface area (Å²) in [6.45, 7) is 2.99. The van der Waals surface area contributed by atoms with Crippen molar-refractivity contribution in [3.05, 3.63) is 36.2 Å². The van der Waals surface area contributed by atoms with Crippen molar-refractivity contribution in [1.29, 1.82) is 0 Å². The lowest BCUT2D eigenvalue weighted by Crippen LogP contribution is -2.30. The van der Waals surface area contributed by atoms with Crippen molar-refractivity contribution in [2.24, 2.45) is 5.92 Å². The Bertz CT molecular complexity index is 411. The van der Waals surface area contributed by atoms with Gasteiger partial charge in [0.1, 0.15) is 0 Å². The molecule has 1 amide bonds. The largest absolute Gasteiger partial charge is 0.353 e. The summed E-state index contributed by atoms with van der Waals surface area (Å²) >= 11 is 0. The topological polar surface area (TPSA) is 54.0 Å². The van der Waals surface area contributed by atoms with Gasteiger partial charge in [0.2, 0.25) is 5.91 Å². The second kappa shape index (κ2) is 7.69. The third-order valence-electron chi connectivity index (χ3n) is 3.42. The SMILES string of the molecule is O=C(/C=C/c1cccnc1)NCCC1CCNCC1. The van der Waals surface area contributed by atoms with E-state index in [1.165, 1.54) is 12.8 Å². The highest BCUT2D eigenvalue weighted by Gasteiger charge is 2.12. The van der Waals surface area contributed by atoms with E-state index in [1.54, 1.807) is 24.5 Å². The highest BCUT2D eigenvalue weighted by molar-refractivity contribution is 5.91. The van der Waals surface area contributed by atoms with Gasteiger partial charge in [-0.25, -0.2) is 0 Å². The van der Waals surface area contributed by atoms with Crippen LogP contribution < -0.4 is 10.6 Å². The molecule has 0 unspecified atom stereocenters. The summed E-state index contributed by atoms with van der Waals surface area (Å²) in [7, 11) is 0. The Hall–Kier alpha value is -1.68. The quantitative estimate of drug-likeness (QED) is 0.790. The van der Waals surface area contributed by atoms with Gasteiger partial charge >= 0.3 is 0 Å². The minimum Gasteiger partial charge on any atom is -0.353 e. The Labute approximate surface area is 114 Å². The standard InChI is InChI=1S/C15H21N3O/c19-15(4-3-14-2-1-8-17-12-14)18-11-7-13-5-9-16-10-6-13/h1-4,8,12-13,16H,5-7,9-11H2,(H,18,19)/b4-3+. The van der Waals surface area contributed by atoms with Crippen LogP contribution >= 0.6 is 0 Å². The maximum atomic E-state index is 11.6. The van der Waals surface area contributed by atoms with Gasteiger partial charge in [-0.15, -0.1) is 0 Å². The number of nitrogens with zero attached hydrogens (tertiary/aromatic N) is 1. The van der Waals surface area contributed by atoms with Crippen molar-refractivity contribution in [1.82, 2.24) is 15.6 Å². The molecule has 1 aliphatic rings. The lowest BCUT2D eigenvalue weighted by atomic mass is 9.95. The molecular formula is C15H21N3O. The summed E-state index contributed by atoms with van der Waals surface area (Å²) in [5.41, 5.74) is 0.941. The smallest absolute Gasteiger partial charge is 0.244 e. The molecule has 4 nitrogen and oxygen atoms in total. The molecule has 0 radical (unpaired) electrons. The minimum atomic E-state index is -0.0298. The number of pyridine rings is 1. The molecule has 19 heavy (non-hydrogen) atoms. The van der Waals surface area contributed by atoms with Crippen LogP contribution in [0, 0.1) is 5.92 Å². The molecular weight excluding hydrogens is 238 g/mol. The van der Waals surface area contributed by atoms with Gasteiger partial charge in [0.05, 0.1) is 0 Å². The van der Waals surface area contributed by atoms with Crippen molar-refractivity contribution in [2.75, 3.05) is 19.6 Å². The van der Waals surface area contributed by atoms with Gasteiger partial charge in [0, 0.05) is 25.0 Å². The molecule has 1 aromatic rings. The van der Waals surface area contributed by atoms with Gasteiger partial charge in [0.15, 0.2) is 0 Å². The highest BCUT2D eigenvalue weighted by atomic mass is 16.1. The lowest BCUT2D eigenvalue weighted by Gasteiger charge is -2.22. The number of amides is 1. The molecule has 0 atom stereocenters. The zero-order chi connectivity index (χ0) is 13.3. The molecule has 1 saturated heterocycles. The van der Waals surface area contributed by atoms with Gasteiger partial charge < -0.3 is 10.6 Å². The maximum absolute atomic E-state index is 11.6. The summed E-state index contributed by atoms with van der Waals surface area (Å²) in [5, 5.41) is 6.28. The van der Waals surface area contributed by atoms with Gasteiger partial charge in [-0.1, -0.05) is 6.07 Å². The van der Waals surface area contributed by atoms with Gasteiger partial charge in [-0.3, -0.25) is 9.78 Å². The number of hydrogen-bond acceptors (Lipinski definition) is 3. The molecule has 0 spiro atoms. The first-order valence-electron chi connectivity index (χ1n) is 6.91. The zero-order valence-electron chi connectivity index (χ0n) is 11.1. The first-order valence-corrected chi connectivity index (χ1v) is 6.91. The van der Waals surface area contributed by atoms with Crippen LogP contribution in [0.1, 0.15) is 24.8 Å². The van der Waals surface area contributed by atoms with Crippen molar-refractivity contribution in [3.8, 4) is 0 Å². The Morgan fingerprint density at radius 2 is 2.32 bits per heavy atom. The maximum Gasteiger partial charge on any atom is 0.244 e. The number of piperidine rings is 1. The molecule has 2 heterocycles. The van der Waals surface area contributed by atoms with Crippen LogP contribution in [-0.2, 0) is 4.79 Å². The predicted molar refractivity (Wildman–Crippen MR) is 76.5 cm³/mol. The van der Waals surface area contributed by atoms with Crippen LogP contribution in [0.4, 0.5) is 0 Å². The summed E-state index contributed by atoms with van der Waals surface area (Å²) in [4.78, 5) is 15.6. The van der Waals surface area contributed by atoms with E-state index in [2.05, 4.69) is 15.6 Å². The number of carbonyl (C=O) groups is 1. The Morgan fingerprint density at radius 1 is 1.47 bits per heavy atom. The van der Waals surface area contributed by atoms with Crippen LogP contribution in [-0.4, -0.2) is 30.5 Å². The molecule has 2 N–H and O–H groups in total. The summed E-state index contributed by atoms with van der Waals surface area (Å²) < 4.78 is 0. The Balaban J connectivity index is 1.65. The number of rotatable bonds is 5. The van der Waals surface area contributed by atoms with E-state index in [0.29, 0.717) is 0 Å². The number of hydrogen-bond donors (Lipinski definition) is 2. The average Bonchev–Trinajstić information content (AvgIpc) is 2.47. The van der Waals surface area contributed by atoms with Crippen LogP contribution in [0.2, 0.25) is 0 Å². The second-order valence-electron chi connectivity index (χ2n) is 4.89. The third kappa shape index (κ3) is 5.22. The normalized spacial score (nSPS) is 16.6. The number of carbonyl (C=O) groups excluding carboxylic acids is 1. The average molecular weight is 259 g/mol. The molecule has 0 aromatic carbocycles. The molecule has 0 saturated carbocycles. The van der Waals surface area contributed by atoms with Gasteiger partial charge in [0.25, 0.3) is 0 Å². The number of aromatic nitrogens is 1. The minimum absolute atomic E-state index is 0.0298. The zero-order valence-corrected chi connectivity index (χ0v) is 11.1. The number of nitrogens with one attached hydrogen (secondary N) is 2. The van der Waals surface area contributed by atoms with Crippen LogP contribution in [0.25, 0.3) is 6.08 Å². The van der Waals surface area contributed by atoms with Crippen molar-refractivity contribution < 1.29 is 4.79 Å². The van der Waals surface area contributed by atoms with E-state index >= 15 is 0 Å². The fourth-order valence-corrected chi connectivity index (χ4v) is 2.28. The van der Waals surface area contributed by atoms with E-state index in [1.807, 2.05) is 12.1 Å². The monoisotopic (exact) mass is 259 g/mol. The van der Waals surface area contributed by atoms with Crippen LogP contribution in [0.3, 0.4) is 0 Å². The molecule has 1 aliphatic heterocycles. The van der Waals surface area contributed by atoms with E-state index in [-0.39, 0.29) is 5.91 Å². The van der Waals surface area contributed by atoms with E-state index in [4.69, 9.17) is 0 Å². The second-order valence-corrected chi connectivity index (χ2v) is 4.89. The first-order chi connectivity index (χ1) is 9.34. The molecule has 1 aromatic heterocycles. The van der Waals surface area contributed by atoms with Crippen LogP contribution in [0.5, 0.6) is 0 Å². The van der Waals surface area contributed by atoms with Crippen molar-refractivity contribution in [3.63, 3.8) is 0 Å². The van der Waals surface area contributed by atoms with Gasteiger partial charge in [-0.05, 0) is 56.0 Å². The molecule has 2 rings (SSSR count). The molecule has 102 valence electrons. The van der Waals surface area contributed by atoms with Gasteiger partial charge in [-0.2, -0.15) is 0 Å². The summed E-state index contributed by atoms with van der Waals surface area (Å²) in [6, 6.07) is 3.78. The van der Waals surface area contributed by atoms with Crippen LogP contribution in [0.15, 0.2) is 30.6 Å². The van der Waals surface area contributed by atoms with E-state index in [0.717, 1.165) is 37.5 Å². The van der Waals surface area contributed by atoms with E-state index in [9.17, 15) is 4.79 Å².